The van der Waals surface area contributed by atoms with Crippen LogP contribution in [0.4, 0.5) is 5.69 Å². The number of anilines is 1. The van der Waals surface area contributed by atoms with Crippen molar-refractivity contribution in [2.24, 2.45) is 0 Å². The van der Waals surface area contributed by atoms with Gasteiger partial charge in [-0.3, -0.25) is 4.79 Å². The smallest absolute Gasteiger partial charge is 0.260 e. The third-order valence-corrected chi connectivity index (χ3v) is 7.08. The molecule has 0 aliphatic carbocycles. The molecule has 0 radical (unpaired) electrons. The first kappa shape index (κ1) is 26.7. The van der Waals surface area contributed by atoms with E-state index in [2.05, 4.69) is 36.3 Å². The van der Waals surface area contributed by atoms with E-state index in [0.717, 1.165) is 28.8 Å². The third-order valence-electron chi connectivity index (χ3n) is 5.80. The summed E-state index contributed by atoms with van der Waals surface area (Å²) in [5, 5.41) is 7.05. The van der Waals surface area contributed by atoms with Crippen molar-refractivity contribution < 1.29 is 14.3 Å². The number of aryl methyl sites for hydroxylation is 1. The normalized spacial score (nSPS) is 15.9. The summed E-state index contributed by atoms with van der Waals surface area (Å²) in [6.07, 6.45) is 5.31. The molecule has 37 heavy (non-hydrogen) atoms. The maximum Gasteiger partial charge on any atom is 0.260 e. The van der Waals surface area contributed by atoms with Crippen LogP contribution in [0.25, 0.3) is 6.08 Å². The lowest BCUT2D eigenvalue weighted by atomic mass is 10.0. The number of halogens is 1. The highest BCUT2D eigenvalue weighted by molar-refractivity contribution is 8.05. The van der Waals surface area contributed by atoms with Crippen molar-refractivity contribution in [1.29, 1.82) is 0 Å². The number of benzene rings is 3. The number of hydrogen-bond donors (Lipinski definition) is 2. The average molecular weight is 535 g/mol. The van der Waals surface area contributed by atoms with Crippen molar-refractivity contribution >= 4 is 41.0 Å². The second-order valence-electron chi connectivity index (χ2n) is 8.52. The lowest BCUT2D eigenvalue weighted by Gasteiger charge is -2.17. The minimum atomic E-state index is -0.243. The number of amides is 1. The van der Waals surface area contributed by atoms with Crippen molar-refractivity contribution in [1.82, 2.24) is 5.32 Å². The molecule has 3 aromatic rings. The van der Waals surface area contributed by atoms with Gasteiger partial charge in [-0.1, -0.05) is 60.6 Å². The Bertz CT molecular complexity index is 1270. The van der Waals surface area contributed by atoms with Crippen molar-refractivity contribution in [2.75, 3.05) is 11.9 Å². The van der Waals surface area contributed by atoms with E-state index in [1.165, 1.54) is 17.3 Å². The molecule has 192 valence electrons. The average Bonchev–Trinajstić information content (AvgIpc) is 3.23. The third kappa shape index (κ3) is 7.12. The highest BCUT2D eigenvalue weighted by Gasteiger charge is 2.27. The van der Waals surface area contributed by atoms with E-state index >= 15 is 0 Å². The Kier molecular flexibility index (Phi) is 9.20. The fourth-order valence-electron chi connectivity index (χ4n) is 3.94. The van der Waals surface area contributed by atoms with Gasteiger partial charge in [0.2, 0.25) is 0 Å². The molecule has 0 saturated carbocycles. The van der Waals surface area contributed by atoms with E-state index in [4.69, 9.17) is 21.1 Å². The molecule has 1 aliphatic rings. The van der Waals surface area contributed by atoms with E-state index in [0.29, 0.717) is 41.1 Å². The number of ether oxygens (including phenoxy) is 2. The summed E-state index contributed by atoms with van der Waals surface area (Å²) in [5.41, 5.74) is 4.80. The molecule has 2 N–H and O–H groups in total. The van der Waals surface area contributed by atoms with Gasteiger partial charge >= 0.3 is 0 Å². The van der Waals surface area contributed by atoms with Crippen LogP contribution in [0.5, 0.6) is 11.5 Å². The van der Waals surface area contributed by atoms with Crippen LogP contribution in [0.2, 0.25) is 5.02 Å². The van der Waals surface area contributed by atoms with Gasteiger partial charge in [0.25, 0.3) is 5.91 Å². The molecule has 1 saturated heterocycles. The van der Waals surface area contributed by atoms with Gasteiger partial charge in [-0.2, -0.15) is 0 Å². The maximum atomic E-state index is 12.7. The zero-order valence-corrected chi connectivity index (χ0v) is 22.6. The molecule has 3 aromatic carbocycles. The van der Waals surface area contributed by atoms with Crippen LogP contribution >= 0.6 is 23.4 Å². The summed E-state index contributed by atoms with van der Waals surface area (Å²) in [5.74, 6) is 1.20. The first-order valence-electron chi connectivity index (χ1n) is 12.3. The number of hydrogen-bond acceptors (Lipinski definition) is 5. The maximum absolute atomic E-state index is 12.7. The second-order valence-corrected chi connectivity index (χ2v) is 10.1. The molecule has 0 unspecified atom stereocenters. The van der Waals surface area contributed by atoms with E-state index in [-0.39, 0.29) is 11.4 Å². The number of allylic oxidation sites excluding steroid dienone is 1. The molecule has 0 bridgehead atoms. The van der Waals surface area contributed by atoms with Crippen molar-refractivity contribution in [3.63, 3.8) is 0 Å². The molecular formula is C30H31ClN2O3S. The van der Waals surface area contributed by atoms with E-state index in [1.54, 1.807) is 0 Å². The van der Waals surface area contributed by atoms with Gasteiger partial charge in [0, 0.05) is 16.3 Å². The lowest BCUT2D eigenvalue weighted by molar-refractivity contribution is -0.116. The van der Waals surface area contributed by atoms with Crippen LogP contribution in [0.15, 0.2) is 78.2 Å². The summed E-state index contributed by atoms with van der Waals surface area (Å²) in [4.78, 5) is 13.4. The largest absolute Gasteiger partial charge is 0.490 e. The number of rotatable bonds is 11. The van der Waals surface area contributed by atoms with Gasteiger partial charge in [0.15, 0.2) is 17.0 Å². The Balaban J connectivity index is 1.55. The van der Waals surface area contributed by atoms with Crippen LogP contribution in [-0.2, 0) is 24.2 Å². The Morgan fingerprint density at radius 1 is 1.05 bits per heavy atom. The number of carbonyl (C=O) groups excluding carboxylic acids is 1. The number of thioether (sulfide) groups is 1. The topological polar surface area (TPSA) is 59.6 Å². The summed E-state index contributed by atoms with van der Waals surface area (Å²) in [6.45, 7) is 8.84. The van der Waals surface area contributed by atoms with Crippen LogP contribution in [-0.4, -0.2) is 18.0 Å². The van der Waals surface area contributed by atoms with Crippen LogP contribution in [0.3, 0.4) is 0 Å². The fraction of sp³-hybridized carbons (Fsp3) is 0.233. The van der Waals surface area contributed by atoms with Crippen molar-refractivity contribution in [3.8, 4) is 11.5 Å². The van der Waals surface area contributed by atoms with E-state index in [1.807, 2.05) is 67.6 Å². The summed E-state index contributed by atoms with van der Waals surface area (Å²) < 4.78 is 12.2. The predicted octanol–water partition coefficient (Wildman–Crippen LogP) is 7.21. The van der Waals surface area contributed by atoms with Gasteiger partial charge in [0.1, 0.15) is 6.61 Å². The molecule has 1 amide bonds. The SMILES string of the molecule is C=CCc1cc(/C=C2\S[C@H](Nc3ccc(CC)cc3)NC2=O)cc(OCC)c1OCc1ccc(Cl)cc1. The number of carbonyl (C=O) groups is 1. The predicted molar refractivity (Wildman–Crippen MR) is 154 cm³/mol. The summed E-state index contributed by atoms with van der Waals surface area (Å²) >= 11 is 7.46. The molecule has 1 heterocycles. The molecule has 0 spiro atoms. The quantitative estimate of drug-likeness (QED) is 0.201. The number of nitrogens with one attached hydrogen (secondary N) is 2. The minimum Gasteiger partial charge on any atom is -0.490 e. The molecule has 1 atom stereocenters. The molecule has 0 aromatic heterocycles. The highest BCUT2D eigenvalue weighted by atomic mass is 35.5. The Hall–Kier alpha value is -3.35. The van der Waals surface area contributed by atoms with Gasteiger partial charge in [0.05, 0.1) is 11.5 Å². The van der Waals surface area contributed by atoms with Gasteiger partial charge in [-0.15, -0.1) is 6.58 Å². The first-order chi connectivity index (χ1) is 18.0. The summed E-state index contributed by atoms with van der Waals surface area (Å²) in [7, 11) is 0. The van der Waals surface area contributed by atoms with Crippen LogP contribution in [0.1, 0.15) is 36.1 Å². The summed E-state index contributed by atoms with van der Waals surface area (Å²) in [6, 6.07) is 19.7. The lowest BCUT2D eigenvalue weighted by Crippen LogP contribution is -2.30. The van der Waals surface area contributed by atoms with Crippen molar-refractivity contribution in [3.05, 3.63) is 106 Å². The molecule has 1 aliphatic heterocycles. The zero-order chi connectivity index (χ0) is 26.2. The van der Waals surface area contributed by atoms with E-state index in [9.17, 15) is 4.79 Å². The minimum absolute atomic E-state index is 0.112. The Morgan fingerprint density at radius 3 is 2.46 bits per heavy atom. The Morgan fingerprint density at radius 2 is 1.78 bits per heavy atom. The molecular weight excluding hydrogens is 504 g/mol. The molecule has 5 nitrogen and oxygen atoms in total. The zero-order valence-electron chi connectivity index (χ0n) is 21.1. The van der Waals surface area contributed by atoms with Crippen LogP contribution in [0, 0.1) is 0 Å². The van der Waals surface area contributed by atoms with Gasteiger partial charge in [-0.05, 0) is 78.9 Å². The van der Waals surface area contributed by atoms with E-state index < -0.39 is 0 Å². The first-order valence-corrected chi connectivity index (χ1v) is 13.6. The molecule has 4 rings (SSSR count). The highest BCUT2D eigenvalue weighted by Crippen LogP contribution is 2.37. The standard InChI is InChI=1S/C30H31ClN2O3S/c1-4-7-23-16-22(17-26(35-6-3)28(23)36-19-21-8-12-24(31)13-9-21)18-27-29(34)33-30(37-27)32-25-14-10-20(5-2)11-15-25/h4,8-18,30,32H,1,5-7,19H2,2-3H3,(H,33,34)/b27-18-/t30-/m1/s1. The Labute approximate surface area is 227 Å². The monoisotopic (exact) mass is 534 g/mol. The van der Waals surface area contributed by atoms with Gasteiger partial charge in [-0.25, -0.2) is 0 Å². The second kappa shape index (κ2) is 12.7. The fourth-order valence-corrected chi connectivity index (χ4v) is 5.05. The van der Waals surface area contributed by atoms with Crippen LogP contribution < -0.4 is 20.1 Å². The van der Waals surface area contributed by atoms with Gasteiger partial charge < -0.3 is 20.1 Å². The molecule has 7 heteroatoms. The molecule has 1 fully saturated rings. The van der Waals surface area contributed by atoms with Crippen molar-refractivity contribution in [2.45, 2.75) is 38.8 Å².